The molecular formula is C13H15N5OS. The SMILES string of the molecule is OC(=S)N1C2CCC1CN(c1ncnc3[nH]ccc13)C2. The fourth-order valence-corrected chi connectivity index (χ4v) is 3.80. The third-order valence-electron chi connectivity index (χ3n) is 4.34. The van der Waals surface area contributed by atoms with Crippen LogP contribution in [0.25, 0.3) is 11.0 Å². The number of thiocarbonyl (C=S) groups is 1. The van der Waals surface area contributed by atoms with E-state index in [1.807, 2.05) is 17.2 Å². The molecule has 2 aromatic heterocycles. The maximum atomic E-state index is 9.66. The molecule has 2 aliphatic rings. The van der Waals surface area contributed by atoms with Gasteiger partial charge in [0, 0.05) is 19.3 Å². The summed E-state index contributed by atoms with van der Waals surface area (Å²) >= 11 is 4.96. The molecule has 6 nitrogen and oxygen atoms in total. The van der Waals surface area contributed by atoms with Crippen LogP contribution in [-0.4, -0.2) is 55.3 Å². The second-order valence-corrected chi connectivity index (χ2v) is 5.78. The Morgan fingerprint density at radius 3 is 2.75 bits per heavy atom. The molecule has 2 aromatic rings. The molecule has 2 unspecified atom stereocenters. The van der Waals surface area contributed by atoms with Gasteiger partial charge in [-0.2, -0.15) is 0 Å². The summed E-state index contributed by atoms with van der Waals surface area (Å²) in [7, 11) is 0. The van der Waals surface area contributed by atoms with Crippen LogP contribution in [0.15, 0.2) is 18.6 Å². The molecule has 0 amide bonds. The predicted molar refractivity (Wildman–Crippen MR) is 80.0 cm³/mol. The number of hydrogen-bond donors (Lipinski definition) is 2. The molecule has 0 aliphatic carbocycles. The predicted octanol–water partition coefficient (Wildman–Crippen LogP) is 1.45. The van der Waals surface area contributed by atoms with E-state index in [9.17, 15) is 5.11 Å². The molecule has 2 saturated heterocycles. The number of nitrogens with one attached hydrogen (secondary N) is 1. The van der Waals surface area contributed by atoms with E-state index in [0.717, 1.165) is 42.8 Å². The van der Waals surface area contributed by atoms with Crippen molar-refractivity contribution < 1.29 is 5.11 Å². The Morgan fingerprint density at radius 1 is 1.30 bits per heavy atom. The van der Waals surface area contributed by atoms with E-state index in [1.165, 1.54) is 0 Å². The van der Waals surface area contributed by atoms with E-state index in [1.54, 1.807) is 6.33 Å². The fourth-order valence-electron chi connectivity index (χ4n) is 3.50. The first-order chi connectivity index (χ1) is 9.74. The van der Waals surface area contributed by atoms with Crippen molar-refractivity contribution in [2.24, 2.45) is 0 Å². The molecule has 20 heavy (non-hydrogen) atoms. The lowest BCUT2D eigenvalue weighted by atomic mass is 10.2. The van der Waals surface area contributed by atoms with E-state index in [2.05, 4.69) is 19.9 Å². The lowest BCUT2D eigenvalue weighted by molar-refractivity contribution is 0.238. The standard InChI is InChI=1S/C13H15N5OS/c19-13(20)18-8-1-2-9(18)6-17(5-8)12-10-3-4-14-11(10)15-7-16-12/h3-4,7-9H,1-2,5-6H2,(H,19,20)(H,14,15,16). The first-order valence-corrected chi connectivity index (χ1v) is 7.19. The van der Waals surface area contributed by atoms with Gasteiger partial charge < -0.3 is 19.9 Å². The molecule has 0 aromatic carbocycles. The van der Waals surface area contributed by atoms with Gasteiger partial charge in [0.05, 0.1) is 17.5 Å². The normalized spacial score (nSPS) is 25.4. The molecule has 2 aliphatic heterocycles. The van der Waals surface area contributed by atoms with Crippen molar-refractivity contribution in [2.75, 3.05) is 18.0 Å². The smallest absolute Gasteiger partial charge is 0.257 e. The first-order valence-electron chi connectivity index (χ1n) is 6.78. The highest BCUT2D eigenvalue weighted by Crippen LogP contribution is 2.33. The minimum atomic E-state index is 0.0339. The van der Waals surface area contributed by atoms with E-state index in [0.29, 0.717) is 0 Å². The number of aliphatic hydroxyl groups excluding tert-OH is 1. The van der Waals surface area contributed by atoms with E-state index >= 15 is 0 Å². The summed E-state index contributed by atoms with van der Waals surface area (Å²) in [5.41, 5.74) is 0.863. The van der Waals surface area contributed by atoms with Crippen LogP contribution in [0, 0.1) is 0 Å². The van der Waals surface area contributed by atoms with Gasteiger partial charge in [-0.3, -0.25) is 0 Å². The van der Waals surface area contributed by atoms with Crippen molar-refractivity contribution in [2.45, 2.75) is 24.9 Å². The topological polar surface area (TPSA) is 68.3 Å². The van der Waals surface area contributed by atoms with Crippen LogP contribution in [0.5, 0.6) is 0 Å². The average Bonchev–Trinajstić information content (AvgIpc) is 3.01. The Labute approximate surface area is 121 Å². The van der Waals surface area contributed by atoms with Crippen LogP contribution in [0.2, 0.25) is 0 Å². The number of aromatic nitrogens is 3. The Bertz CT molecular complexity index is 658. The van der Waals surface area contributed by atoms with Crippen molar-refractivity contribution in [3.8, 4) is 0 Å². The summed E-state index contributed by atoms with van der Waals surface area (Å²) in [6.07, 6.45) is 5.63. The van der Waals surface area contributed by atoms with Crippen molar-refractivity contribution in [3.63, 3.8) is 0 Å². The zero-order valence-electron chi connectivity index (χ0n) is 10.9. The number of anilines is 1. The fraction of sp³-hybridized carbons (Fsp3) is 0.462. The molecule has 2 bridgehead atoms. The largest absolute Gasteiger partial charge is 0.486 e. The number of H-pyrrole nitrogens is 1. The van der Waals surface area contributed by atoms with Gasteiger partial charge >= 0.3 is 0 Å². The van der Waals surface area contributed by atoms with E-state index in [-0.39, 0.29) is 17.3 Å². The highest BCUT2D eigenvalue weighted by Gasteiger charge is 2.41. The molecule has 0 saturated carbocycles. The summed E-state index contributed by atoms with van der Waals surface area (Å²) in [6, 6.07) is 2.58. The molecule has 7 heteroatoms. The summed E-state index contributed by atoms with van der Waals surface area (Å²) in [5.74, 6) is 0.969. The lowest BCUT2D eigenvalue weighted by Gasteiger charge is -2.41. The second-order valence-electron chi connectivity index (χ2n) is 5.42. The third-order valence-corrected chi connectivity index (χ3v) is 4.55. The molecule has 2 atom stereocenters. The maximum Gasteiger partial charge on any atom is 0.257 e. The van der Waals surface area contributed by atoms with Crippen LogP contribution >= 0.6 is 12.2 Å². The minimum Gasteiger partial charge on any atom is -0.486 e. The van der Waals surface area contributed by atoms with Crippen LogP contribution in [0.4, 0.5) is 5.82 Å². The van der Waals surface area contributed by atoms with Crippen molar-refractivity contribution >= 4 is 34.2 Å². The number of rotatable bonds is 1. The van der Waals surface area contributed by atoms with E-state index in [4.69, 9.17) is 12.2 Å². The minimum absolute atomic E-state index is 0.0339. The van der Waals surface area contributed by atoms with Gasteiger partial charge in [0.15, 0.2) is 0 Å². The van der Waals surface area contributed by atoms with Crippen molar-refractivity contribution in [3.05, 3.63) is 18.6 Å². The van der Waals surface area contributed by atoms with Gasteiger partial charge in [-0.05, 0) is 31.1 Å². The number of hydrogen-bond acceptors (Lipinski definition) is 4. The molecule has 0 radical (unpaired) electrons. The number of nitrogens with zero attached hydrogens (tertiary/aromatic N) is 4. The highest BCUT2D eigenvalue weighted by atomic mass is 32.1. The van der Waals surface area contributed by atoms with Gasteiger partial charge in [0.1, 0.15) is 17.8 Å². The van der Waals surface area contributed by atoms with Gasteiger partial charge in [0.2, 0.25) is 0 Å². The number of aromatic amines is 1. The van der Waals surface area contributed by atoms with Crippen LogP contribution in [0.3, 0.4) is 0 Å². The molecule has 104 valence electrons. The molecular weight excluding hydrogens is 274 g/mol. The molecule has 4 rings (SSSR count). The number of piperazine rings is 1. The van der Waals surface area contributed by atoms with E-state index < -0.39 is 0 Å². The zero-order valence-corrected chi connectivity index (χ0v) is 11.7. The maximum absolute atomic E-state index is 9.66. The zero-order chi connectivity index (χ0) is 13.7. The van der Waals surface area contributed by atoms with Gasteiger partial charge in [0.25, 0.3) is 5.17 Å². The average molecular weight is 289 g/mol. The number of aliphatic hydroxyl groups is 1. The molecule has 2 fully saturated rings. The Hall–Kier alpha value is -1.89. The van der Waals surface area contributed by atoms with Gasteiger partial charge in [-0.1, -0.05) is 0 Å². The first kappa shape index (κ1) is 11.9. The third kappa shape index (κ3) is 1.66. The van der Waals surface area contributed by atoms with Gasteiger partial charge in [-0.25, -0.2) is 9.97 Å². The van der Waals surface area contributed by atoms with Crippen LogP contribution in [0.1, 0.15) is 12.8 Å². The van der Waals surface area contributed by atoms with Crippen molar-refractivity contribution in [1.29, 1.82) is 0 Å². The Morgan fingerprint density at radius 2 is 2.05 bits per heavy atom. The summed E-state index contributed by atoms with van der Waals surface area (Å²) in [6.45, 7) is 1.68. The molecule has 0 spiro atoms. The second kappa shape index (κ2) is 4.31. The van der Waals surface area contributed by atoms with Gasteiger partial charge in [-0.15, -0.1) is 0 Å². The lowest BCUT2D eigenvalue weighted by Crippen LogP contribution is -2.55. The highest BCUT2D eigenvalue weighted by molar-refractivity contribution is 7.79. The molecule has 4 heterocycles. The molecule has 2 N–H and O–H groups in total. The summed E-state index contributed by atoms with van der Waals surface area (Å²) in [4.78, 5) is 16.1. The monoisotopic (exact) mass is 289 g/mol. The van der Waals surface area contributed by atoms with Crippen LogP contribution in [-0.2, 0) is 0 Å². The Balaban J connectivity index is 1.69. The van der Waals surface area contributed by atoms with Crippen molar-refractivity contribution in [1.82, 2.24) is 19.9 Å². The summed E-state index contributed by atoms with van der Waals surface area (Å²) in [5, 5.41) is 10.7. The Kier molecular flexibility index (Phi) is 2.56. The summed E-state index contributed by atoms with van der Waals surface area (Å²) < 4.78 is 0. The number of fused-ring (bicyclic) bond motifs is 3. The van der Waals surface area contributed by atoms with Crippen LogP contribution < -0.4 is 4.90 Å². The quantitative estimate of drug-likeness (QED) is 0.775.